The molecule has 8 heteroatoms. The van der Waals surface area contributed by atoms with Crippen molar-refractivity contribution in [3.8, 4) is 11.3 Å². The molecule has 2 rings (SSSR count). The van der Waals surface area contributed by atoms with Crippen molar-refractivity contribution in [1.82, 2.24) is 25.3 Å². The molecular formula is C15H23ClFN5O. The van der Waals surface area contributed by atoms with Gasteiger partial charge in [-0.25, -0.2) is 9.37 Å². The third-order valence-corrected chi connectivity index (χ3v) is 3.39. The second-order valence-electron chi connectivity index (χ2n) is 4.50. The Bertz CT molecular complexity index is 620. The SMILES string of the molecule is CC.CNC(C)c1nn(CCOC)nc1-c1ccnc(Cl)c1F. The lowest BCUT2D eigenvalue weighted by Gasteiger charge is -2.08. The van der Waals surface area contributed by atoms with Crippen molar-refractivity contribution in [2.75, 3.05) is 20.8 Å². The van der Waals surface area contributed by atoms with E-state index in [0.29, 0.717) is 24.5 Å². The van der Waals surface area contributed by atoms with Gasteiger partial charge >= 0.3 is 0 Å². The first-order chi connectivity index (χ1) is 11.1. The summed E-state index contributed by atoms with van der Waals surface area (Å²) in [5, 5.41) is 11.6. The molecule has 23 heavy (non-hydrogen) atoms. The highest BCUT2D eigenvalue weighted by molar-refractivity contribution is 6.29. The molecule has 6 nitrogen and oxygen atoms in total. The molecule has 2 heterocycles. The molecule has 1 N–H and O–H groups in total. The summed E-state index contributed by atoms with van der Waals surface area (Å²) in [6.45, 7) is 6.89. The van der Waals surface area contributed by atoms with Crippen molar-refractivity contribution in [3.63, 3.8) is 0 Å². The molecule has 0 saturated heterocycles. The molecule has 0 saturated carbocycles. The number of pyridine rings is 1. The minimum absolute atomic E-state index is 0.0809. The highest BCUT2D eigenvalue weighted by Gasteiger charge is 2.21. The number of hydrogen-bond acceptors (Lipinski definition) is 5. The zero-order valence-electron chi connectivity index (χ0n) is 14.1. The standard InChI is InChI=1S/C13H17ClFN5O.C2H6/c1-8(16-2)11-12(19-20(18-11)6-7-21-3)9-4-5-17-13(14)10(9)15;1-2/h4-5,8,16H,6-7H2,1-3H3;1-2H3. The van der Waals surface area contributed by atoms with Crippen LogP contribution < -0.4 is 5.32 Å². The molecule has 0 radical (unpaired) electrons. The van der Waals surface area contributed by atoms with Gasteiger partial charge in [-0.15, -0.1) is 0 Å². The van der Waals surface area contributed by atoms with Gasteiger partial charge in [0.2, 0.25) is 0 Å². The molecule has 0 amide bonds. The summed E-state index contributed by atoms with van der Waals surface area (Å²) in [6, 6.07) is 1.46. The second kappa shape index (κ2) is 9.54. The fourth-order valence-electron chi connectivity index (χ4n) is 1.86. The van der Waals surface area contributed by atoms with Gasteiger partial charge in [0.1, 0.15) is 11.4 Å². The van der Waals surface area contributed by atoms with Crippen molar-refractivity contribution >= 4 is 11.6 Å². The van der Waals surface area contributed by atoms with Gasteiger partial charge in [0, 0.05) is 18.9 Å². The quantitative estimate of drug-likeness (QED) is 0.816. The topological polar surface area (TPSA) is 64.9 Å². The molecule has 0 bridgehead atoms. The Morgan fingerprint density at radius 1 is 1.39 bits per heavy atom. The van der Waals surface area contributed by atoms with E-state index >= 15 is 0 Å². The van der Waals surface area contributed by atoms with Gasteiger partial charge in [-0.1, -0.05) is 25.4 Å². The van der Waals surface area contributed by atoms with Gasteiger partial charge in [0.25, 0.3) is 0 Å². The van der Waals surface area contributed by atoms with Gasteiger partial charge in [-0.3, -0.25) is 0 Å². The summed E-state index contributed by atoms with van der Waals surface area (Å²) in [5.74, 6) is -0.595. The largest absolute Gasteiger partial charge is 0.383 e. The molecule has 0 aliphatic carbocycles. The molecule has 1 atom stereocenters. The van der Waals surface area contributed by atoms with E-state index in [9.17, 15) is 4.39 Å². The lowest BCUT2D eigenvalue weighted by molar-refractivity contribution is 0.178. The zero-order chi connectivity index (χ0) is 17.4. The smallest absolute Gasteiger partial charge is 0.169 e. The minimum atomic E-state index is -0.595. The zero-order valence-corrected chi connectivity index (χ0v) is 14.9. The number of ether oxygens (including phenoxy) is 1. The van der Waals surface area contributed by atoms with Gasteiger partial charge < -0.3 is 10.1 Å². The van der Waals surface area contributed by atoms with Crippen molar-refractivity contribution in [1.29, 1.82) is 0 Å². The van der Waals surface area contributed by atoms with Crippen LogP contribution >= 0.6 is 11.6 Å². The predicted molar refractivity (Wildman–Crippen MR) is 88.9 cm³/mol. The van der Waals surface area contributed by atoms with Gasteiger partial charge in [-0.05, 0) is 20.0 Å². The number of nitrogens with one attached hydrogen (secondary N) is 1. The lowest BCUT2D eigenvalue weighted by Crippen LogP contribution is -2.15. The Hall–Kier alpha value is -1.57. The Morgan fingerprint density at radius 2 is 2.09 bits per heavy atom. The van der Waals surface area contributed by atoms with E-state index in [-0.39, 0.29) is 16.8 Å². The summed E-state index contributed by atoms with van der Waals surface area (Å²) < 4.78 is 19.2. The van der Waals surface area contributed by atoms with E-state index < -0.39 is 5.82 Å². The first-order valence-electron chi connectivity index (χ1n) is 7.50. The Kier molecular flexibility index (Phi) is 8.08. The molecule has 0 fully saturated rings. The molecule has 0 aliphatic heterocycles. The van der Waals surface area contributed by atoms with Crippen molar-refractivity contribution in [2.24, 2.45) is 0 Å². The van der Waals surface area contributed by atoms with Gasteiger partial charge in [0.05, 0.1) is 19.2 Å². The maximum absolute atomic E-state index is 14.2. The first-order valence-corrected chi connectivity index (χ1v) is 7.87. The average Bonchev–Trinajstić information content (AvgIpc) is 3.00. The van der Waals surface area contributed by atoms with Crippen molar-refractivity contribution in [2.45, 2.75) is 33.4 Å². The van der Waals surface area contributed by atoms with Crippen LogP contribution in [0.15, 0.2) is 12.3 Å². The van der Waals surface area contributed by atoms with Crippen molar-refractivity contribution in [3.05, 3.63) is 28.9 Å². The van der Waals surface area contributed by atoms with Crippen LogP contribution in [0.4, 0.5) is 4.39 Å². The maximum atomic E-state index is 14.2. The molecule has 2 aromatic rings. The number of aromatic nitrogens is 4. The molecule has 0 aromatic carbocycles. The highest BCUT2D eigenvalue weighted by Crippen LogP contribution is 2.29. The van der Waals surface area contributed by atoms with Crippen LogP contribution in [-0.4, -0.2) is 40.7 Å². The molecule has 1 unspecified atom stereocenters. The van der Waals surface area contributed by atoms with E-state index in [0.717, 1.165) is 0 Å². The number of rotatable bonds is 6. The second-order valence-corrected chi connectivity index (χ2v) is 4.85. The molecule has 2 aromatic heterocycles. The normalized spacial score (nSPS) is 11.8. The first kappa shape index (κ1) is 19.5. The van der Waals surface area contributed by atoms with E-state index in [1.165, 1.54) is 17.1 Å². The molecule has 0 aliphatic rings. The molecular weight excluding hydrogens is 321 g/mol. The van der Waals surface area contributed by atoms with Crippen LogP contribution in [0.1, 0.15) is 32.5 Å². The van der Waals surface area contributed by atoms with Crippen LogP contribution in [0.2, 0.25) is 5.15 Å². The molecule has 0 spiro atoms. The highest BCUT2D eigenvalue weighted by atomic mass is 35.5. The Morgan fingerprint density at radius 3 is 2.70 bits per heavy atom. The summed E-state index contributed by atoms with van der Waals surface area (Å²) in [4.78, 5) is 5.21. The molecule has 128 valence electrons. The van der Waals surface area contributed by atoms with E-state index in [1.807, 2.05) is 20.8 Å². The average molecular weight is 344 g/mol. The lowest BCUT2D eigenvalue weighted by atomic mass is 10.1. The van der Waals surface area contributed by atoms with Crippen LogP contribution in [0, 0.1) is 5.82 Å². The third kappa shape index (κ3) is 4.70. The number of halogens is 2. The summed E-state index contributed by atoms with van der Waals surface area (Å²) in [7, 11) is 3.41. The third-order valence-electron chi connectivity index (χ3n) is 3.12. The monoisotopic (exact) mass is 343 g/mol. The number of hydrogen-bond donors (Lipinski definition) is 1. The number of methoxy groups -OCH3 is 1. The van der Waals surface area contributed by atoms with Crippen LogP contribution in [0.3, 0.4) is 0 Å². The summed E-state index contributed by atoms with van der Waals surface area (Å²) in [6.07, 6.45) is 1.45. The Labute approximate surface area is 141 Å². The fraction of sp³-hybridized carbons (Fsp3) is 0.533. The van der Waals surface area contributed by atoms with Crippen LogP contribution in [-0.2, 0) is 11.3 Å². The number of nitrogens with zero attached hydrogens (tertiary/aromatic N) is 4. The van der Waals surface area contributed by atoms with Gasteiger partial charge in [-0.2, -0.15) is 15.0 Å². The minimum Gasteiger partial charge on any atom is -0.383 e. The van der Waals surface area contributed by atoms with E-state index in [1.54, 1.807) is 14.2 Å². The van der Waals surface area contributed by atoms with Crippen LogP contribution in [0.25, 0.3) is 11.3 Å². The van der Waals surface area contributed by atoms with E-state index in [4.69, 9.17) is 16.3 Å². The fourth-order valence-corrected chi connectivity index (χ4v) is 2.01. The summed E-state index contributed by atoms with van der Waals surface area (Å²) in [5.41, 5.74) is 1.39. The predicted octanol–water partition coefficient (Wildman–Crippen LogP) is 3.09. The summed E-state index contributed by atoms with van der Waals surface area (Å²) >= 11 is 5.74. The van der Waals surface area contributed by atoms with E-state index in [2.05, 4.69) is 20.5 Å². The van der Waals surface area contributed by atoms with Gasteiger partial charge in [0.15, 0.2) is 11.0 Å². The van der Waals surface area contributed by atoms with Crippen molar-refractivity contribution < 1.29 is 9.13 Å². The maximum Gasteiger partial charge on any atom is 0.169 e. The van der Waals surface area contributed by atoms with Crippen LogP contribution in [0.5, 0.6) is 0 Å². The Balaban J connectivity index is 0.00000127.